The highest BCUT2D eigenvalue weighted by atomic mass is 32.2. The molecule has 1 rings (SSSR count). The van der Waals surface area contributed by atoms with E-state index in [2.05, 4.69) is 19.2 Å². The van der Waals surface area contributed by atoms with Gasteiger partial charge in [-0.15, -0.1) is 0 Å². The van der Waals surface area contributed by atoms with Gasteiger partial charge in [0.15, 0.2) is 0 Å². The Hall–Kier alpha value is 0.270. The van der Waals surface area contributed by atoms with Crippen molar-refractivity contribution in [3.8, 4) is 0 Å². The molecule has 13 heavy (non-hydrogen) atoms. The van der Waals surface area contributed by atoms with Crippen LogP contribution < -0.4 is 5.32 Å². The van der Waals surface area contributed by atoms with Crippen LogP contribution in [-0.4, -0.2) is 35.3 Å². The minimum atomic E-state index is 0.287. The minimum Gasteiger partial charge on any atom is -0.395 e. The Labute approximate surface area is 85.5 Å². The van der Waals surface area contributed by atoms with Crippen molar-refractivity contribution in [2.45, 2.75) is 38.8 Å². The number of nitrogens with one attached hydrogen (secondary N) is 1. The molecule has 0 aliphatic carbocycles. The van der Waals surface area contributed by atoms with Crippen LogP contribution in [0.4, 0.5) is 0 Å². The summed E-state index contributed by atoms with van der Waals surface area (Å²) in [5, 5.41) is 12.8. The van der Waals surface area contributed by atoms with Crippen LogP contribution in [-0.2, 0) is 0 Å². The van der Waals surface area contributed by atoms with Gasteiger partial charge in [-0.1, -0.05) is 6.92 Å². The van der Waals surface area contributed by atoms with Gasteiger partial charge in [-0.25, -0.2) is 0 Å². The van der Waals surface area contributed by atoms with Gasteiger partial charge in [0.1, 0.15) is 0 Å². The van der Waals surface area contributed by atoms with E-state index in [1.165, 1.54) is 17.9 Å². The molecule has 78 valence electrons. The van der Waals surface area contributed by atoms with Gasteiger partial charge in [0.05, 0.1) is 6.61 Å². The summed E-state index contributed by atoms with van der Waals surface area (Å²) in [7, 11) is 0. The average Bonchev–Trinajstić information content (AvgIpc) is 2.66. The molecule has 1 fully saturated rings. The lowest BCUT2D eigenvalue weighted by molar-refractivity contribution is 0.196. The number of hydrogen-bond acceptors (Lipinski definition) is 3. The van der Waals surface area contributed by atoms with Gasteiger partial charge < -0.3 is 10.4 Å². The van der Waals surface area contributed by atoms with Gasteiger partial charge in [-0.05, 0) is 37.2 Å². The SMILES string of the molecule is CCC(C)NC(CO)C1CCSC1. The van der Waals surface area contributed by atoms with E-state index in [4.69, 9.17) is 0 Å². The first-order valence-corrected chi connectivity index (χ1v) is 6.38. The molecule has 3 heteroatoms. The highest BCUT2D eigenvalue weighted by molar-refractivity contribution is 7.99. The van der Waals surface area contributed by atoms with Crippen molar-refractivity contribution in [3.05, 3.63) is 0 Å². The quantitative estimate of drug-likeness (QED) is 0.710. The van der Waals surface area contributed by atoms with Gasteiger partial charge in [-0.2, -0.15) is 11.8 Å². The first-order chi connectivity index (χ1) is 6.27. The van der Waals surface area contributed by atoms with Crippen LogP contribution in [0.3, 0.4) is 0 Å². The van der Waals surface area contributed by atoms with Crippen LogP contribution in [0.1, 0.15) is 26.7 Å². The van der Waals surface area contributed by atoms with E-state index in [9.17, 15) is 5.11 Å². The van der Waals surface area contributed by atoms with E-state index in [1.54, 1.807) is 0 Å². The van der Waals surface area contributed by atoms with Crippen LogP contribution in [0.2, 0.25) is 0 Å². The second-order valence-corrected chi connectivity index (χ2v) is 5.04. The third kappa shape index (κ3) is 3.49. The van der Waals surface area contributed by atoms with Gasteiger partial charge in [-0.3, -0.25) is 0 Å². The molecule has 0 spiro atoms. The molecule has 2 nitrogen and oxygen atoms in total. The van der Waals surface area contributed by atoms with Crippen LogP contribution in [0, 0.1) is 5.92 Å². The van der Waals surface area contributed by atoms with Gasteiger partial charge in [0, 0.05) is 12.1 Å². The maximum atomic E-state index is 9.26. The molecule has 0 aromatic rings. The molecule has 0 aromatic carbocycles. The monoisotopic (exact) mass is 203 g/mol. The zero-order valence-corrected chi connectivity index (χ0v) is 9.44. The Balaban J connectivity index is 2.32. The Morgan fingerprint density at radius 3 is 2.85 bits per heavy atom. The van der Waals surface area contributed by atoms with Crippen molar-refractivity contribution in [1.29, 1.82) is 0 Å². The third-order valence-corrected chi connectivity index (χ3v) is 4.03. The van der Waals surface area contributed by atoms with Crippen molar-refractivity contribution >= 4 is 11.8 Å². The van der Waals surface area contributed by atoms with E-state index in [1.807, 2.05) is 11.8 Å². The number of aliphatic hydroxyl groups is 1. The van der Waals surface area contributed by atoms with Crippen LogP contribution in [0.25, 0.3) is 0 Å². The van der Waals surface area contributed by atoms with Crippen LogP contribution >= 0.6 is 11.8 Å². The summed E-state index contributed by atoms with van der Waals surface area (Å²) in [5.41, 5.74) is 0. The number of rotatable bonds is 5. The van der Waals surface area contributed by atoms with E-state index in [0.29, 0.717) is 18.0 Å². The maximum absolute atomic E-state index is 9.26. The predicted octanol–water partition coefficient (Wildman–Crippen LogP) is 1.49. The van der Waals surface area contributed by atoms with Crippen LogP contribution in [0.5, 0.6) is 0 Å². The summed E-state index contributed by atoms with van der Waals surface area (Å²) < 4.78 is 0. The minimum absolute atomic E-state index is 0.287. The van der Waals surface area contributed by atoms with Crippen molar-refractivity contribution in [1.82, 2.24) is 5.32 Å². The summed E-state index contributed by atoms with van der Waals surface area (Å²) in [6.45, 7) is 4.65. The van der Waals surface area contributed by atoms with Crippen molar-refractivity contribution < 1.29 is 5.11 Å². The standard InChI is InChI=1S/C10H21NOS/c1-3-8(2)11-10(6-12)9-4-5-13-7-9/h8-12H,3-7H2,1-2H3. The molecule has 0 bridgehead atoms. The second kappa shape index (κ2) is 5.89. The molecule has 1 aliphatic rings. The molecule has 0 aromatic heterocycles. The first kappa shape index (κ1) is 11.3. The largest absolute Gasteiger partial charge is 0.395 e. The van der Waals surface area contributed by atoms with Crippen molar-refractivity contribution in [2.75, 3.05) is 18.1 Å². The molecule has 1 saturated heterocycles. The molecule has 1 aliphatic heterocycles. The molecule has 0 saturated carbocycles. The molecule has 0 amide bonds. The number of thioether (sulfide) groups is 1. The third-order valence-electron chi connectivity index (χ3n) is 2.84. The van der Waals surface area contributed by atoms with E-state index >= 15 is 0 Å². The van der Waals surface area contributed by atoms with Crippen LogP contribution in [0.15, 0.2) is 0 Å². The fourth-order valence-electron chi connectivity index (χ4n) is 1.69. The summed E-state index contributed by atoms with van der Waals surface area (Å²) in [6.07, 6.45) is 2.40. The first-order valence-electron chi connectivity index (χ1n) is 5.22. The van der Waals surface area contributed by atoms with E-state index in [0.717, 1.165) is 6.42 Å². The summed E-state index contributed by atoms with van der Waals surface area (Å²) in [5.74, 6) is 3.17. The van der Waals surface area contributed by atoms with Crippen molar-refractivity contribution in [3.63, 3.8) is 0 Å². The predicted molar refractivity (Wildman–Crippen MR) is 59.2 cm³/mol. The molecule has 0 radical (unpaired) electrons. The van der Waals surface area contributed by atoms with Gasteiger partial charge in [0.2, 0.25) is 0 Å². The van der Waals surface area contributed by atoms with E-state index in [-0.39, 0.29) is 6.61 Å². The normalized spacial score (nSPS) is 27.5. The summed E-state index contributed by atoms with van der Waals surface area (Å²) in [4.78, 5) is 0. The second-order valence-electron chi connectivity index (χ2n) is 3.89. The maximum Gasteiger partial charge on any atom is 0.0587 e. The Bertz CT molecular complexity index is 137. The molecule has 3 atom stereocenters. The highest BCUT2D eigenvalue weighted by Crippen LogP contribution is 2.26. The molecule has 3 unspecified atom stereocenters. The summed E-state index contributed by atoms with van der Waals surface area (Å²) in [6, 6.07) is 0.854. The van der Waals surface area contributed by atoms with Gasteiger partial charge >= 0.3 is 0 Å². The topological polar surface area (TPSA) is 32.3 Å². The molecular formula is C10H21NOS. The van der Waals surface area contributed by atoms with Crippen molar-refractivity contribution in [2.24, 2.45) is 5.92 Å². The smallest absolute Gasteiger partial charge is 0.0587 e. The lowest BCUT2D eigenvalue weighted by Gasteiger charge is -2.25. The Morgan fingerprint density at radius 1 is 1.62 bits per heavy atom. The summed E-state index contributed by atoms with van der Waals surface area (Å²) >= 11 is 2.01. The zero-order chi connectivity index (χ0) is 9.68. The number of aliphatic hydroxyl groups excluding tert-OH is 1. The molecule has 2 N–H and O–H groups in total. The van der Waals surface area contributed by atoms with E-state index < -0.39 is 0 Å². The zero-order valence-electron chi connectivity index (χ0n) is 8.62. The highest BCUT2D eigenvalue weighted by Gasteiger charge is 2.25. The fraction of sp³-hybridized carbons (Fsp3) is 1.00. The molecular weight excluding hydrogens is 182 g/mol. The Kier molecular flexibility index (Phi) is 5.14. The average molecular weight is 203 g/mol. The number of hydrogen-bond donors (Lipinski definition) is 2. The molecule has 1 heterocycles. The fourth-order valence-corrected chi connectivity index (χ4v) is 3.03. The Morgan fingerprint density at radius 2 is 2.38 bits per heavy atom. The lowest BCUT2D eigenvalue weighted by atomic mass is 9.99. The lowest BCUT2D eigenvalue weighted by Crippen LogP contribution is -2.43. The van der Waals surface area contributed by atoms with Gasteiger partial charge in [0.25, 0.3) is 0 Å².